The third-order valence-electron chi connectivity index (χ3n) is 5.39. The molecule has 0 radical (unpaired) electrons. The number of likely N-dealkylation sites (tertiary alicyclic amines) is 1. The third-order valence-corrected chi connectivity index (χ3v) is 6.66. The molecule has 1 unspecified atom stereocenters. The topological polar surface area (TPSA) is 69.7 Å². The highest BCUT2D eigenvalue weighted by molar-refractivity contribution is 7.88. The van der Waals surface area contributed by atoms with Gasteiger partial charge in [-0.25, -0.2) is 12.7 Å². The van der Waals surface area contributed by atoms with Crippen molar-refractivity contribution in [3.8, 4) is 0 Å². The number of hydrogen-bond acceptors (Lipinski definition) is 4. The summed E-state index contributed by atoms with van der Waals surface area (Å²) in [4.78, 5) is 14.7. The van der Waals surface area contributed by atoms with Gasteiger partial charge in [-0.3, -0.25) is 9.69 Å². The van der Waals surface area contributed by atoms with Crippen LogP contribution in [0.15, 0.2) is 30.3 Å². The molecule has 1 atom stereocenters. The predicted molar refractivity (Wildman–Crippen MR) is 102 cm³/mol. The average molecular weight is 380 g/mol. The maximum absolute atomic E-state index is 12.3. The van der Waals surface area contributed by atoms with E-state index < -0.39 is 10.0 Å². The number of carbonyl (C=O) groups is 1. The van der Waals surface area contributed by atoms with Gasteiger partial charge in [0.15, 0.2) is 0 Å². The van der Waals surface area contributed by atoms with E-state index in [-0.39, 0.29) is 17.9 Å². The van der Waals surface area contributed by atoms with E-state index in [1.807, 2.05) is 6.07 Å². The Balaban J connectivity index is 1.37. The number of benzene rings is 1. The van der Waals surface area contributed by atoms with Crippen molar-refractivity contribution in [3.63, 3.8) is 0 Å². The molecule has 0 aromatic heterocycles. The van der Waals surface area contributed by atoms with Crippen molar-refractivity contribution in [1.29, 1.82) is 0 Å². The number of carbonyl (C=O) groups excluding carboxylic acids is 1. The number of rotatable bonds is 6. The molecule has 26 heavy (non-hydrogen) atoms. The summed E-state index contributed by atoms with van der Waals surface area (Å²) in [7, 11) is -3.13. The lowest BCUT2D eigenvalue weighted by Gasteiger charge is -2.32. The van der Waals surface area contributed by atoms with E-state index in [2.05, 4.69) is 34.5 Å². The normalized spacial score (nSPS) is 23.2. The highest BCUT2D eigenvalue weighted by atomic mass is 32.2. The summed E-state index contributed by atoms with van der Waals surface area (Å²) in [6.07, 6.45) is 4.38. The van der Waals surface area contributed by atoms with Crippen molar-refractivity contribution in [3.05, 3.63) is 35.9 Å². The molecular formula is C19H29N3O3S. The minimum Gasteiger partial charge on any atom is -0.353 e. The Bertz CT molecular complexity index is 700. The van der Waals surface area contributed by atoms with Crippen LogP contribution >= 0.6 is 0 Å². The van der Waals surface area contributed by atoms with Crippen molar-refractivity contribution in [2.45, 2.75) is 38.3 Å². The van der Waals surface area contributed by atoms with Crippen LogP contribution in [0.1, 0.15) is 31.2 Å². The fraction of sp³-hybridized carbons (Fsp3) is 0.632. The van der Waals surface area contributed by atoms with E-state index in [0.717, 1.165) is 38.9 Å². The lowest BCUT2D eigenvalue weighted by atomic mass is 10.0. The lowest BCUT2D eigenvalue weighted by molar-refractivity contribution is -0.122. The summed E-state index contributed by atoms with van der Waals surface area (Å²) in [6.45, 7) is 3.96. The average Bonchev–Trinajstić information content (AvgIpc) is 3.06. The second kappa shape index (κ2) is 8.50. The monoisotopic (exact) mass is 379 g/mol. The van der Waals surface area contributed by atoms with Crippen molar-refractivity contribution in [2.24, 2.45) is 5.92 Å². The molecule has 0 bridgehead atoms. The lowest BCUT2D eigenvalue weighted by Crippen LogP contribution is -2.44. The maximum Gasteiger partial charge on any atom is 0.220 e. The first-order valence-corrected chi connectivity index (χ1v) is 11.3. The molecule has 0 aliphatic carbocycles. The van der Waals surface area contributed by atoms with Crippen LogP contribution < -0.4 is 5.32 Å². The molecular weight excluding hydrogens is 350 g/mol. The fourth-order valence-corrected chi connectivity index (χ4v) is 4.81. The summed E-state index contributed by atoms with van der Waals surface area (Å²) < 4.78 is 24.6. The minimum atomic E-state index is -3.13. The van der Waals surface area contributed by atoms with Gasteiger partial charge in [0.2, 0.25) is 15.9 Å². The van der Waals surface area contributed by atoms with Crippen molar-refractivity contribution in [1.82, 2.24) is 14.5 Å². The van der Waals surface area contributed by atoms with Gasteiger partial charge >= 0.3 is 0 Å². The smallest absolute Gasteiger partial charge is 0.220 e. The van der Waals surface area contributed by atoms with Gasteiger partial charge in [-0.2, -0.15) is 0 Å². The van der Waals surface area contributed by atoms with E-state index in [1.54, 1.807) is 0 Å². The Kier molecular flexibility index (Phi) is 6.32. The summed E-state index contributed by atoms with van der Waals surface area (Å²) in [5.41, 5.74) is 1.33. The molecule has 2 heterocycles. The Morgan fingerprint density at radius 2 is 1.81 bits per heavy atom. The van der Waals surface area contributed by atoms with Gasteiger partial charge < -0.3 is 5.32 Å². The second-order valence-electron chi connectivity index (χ2n) is 7.58. The Hall–Kier alpha value is -1.44. The largest absolute Gasteiger partial charge is 0.353 e. The molecule has 0 saturated carbocycles. The van der Waals surface area contributed by atoms with E-state index >= 15 is 0 Å². The second-order valence-corrected chi connectivity index (χ2v) is 9.57. The van der Waals surface area contributed by atoms with E-state index in [0.29, 0.717) is 19.5 Å². The van der Waals surface area contributed by atoms with Gasteiger partial charge in [0.1, 0.15) is 0 Å². The number of hydrogen-bond donors (Lipinski definition) is 1. The molecule has 7 heteroatoms. The Labute approximate surface area is 156 Å². The van der Waals surface area contributed by atoms with Crippen LogP contribution in [-0.4, -0.2) is 62.0 Å². The highest BCUT2D eigenvalue weighted by Crippen LogP contribution is 2.22. The van der Waals surface area contributed by atoms with Gasteiger partial charge in [-0.1, -0.05) is 30.3 Å². The molecule has 1 aromatic carbocycles. The third kappa shape index (κ3) is 5.53. The molecule has 144 valence electrons. The molecule has 2 fully saturated rings. The number of sulfonamides is 1. The predicted octanol–water partition coefficient (Wildman–Crippen LogP) is 1.44. The van der Waals surface area contributed by atoms with Crippen LogP contribution in [0.5, 0.6) is 0 Å². The molecule has 1 amide bonds. The van der Waals surface area contributed by atoms with Crippen LogP contribution in [0.2, 0.25) is 0 Å². The van der Waals surface area contributed by atoms with Crippen molar-refractivity contribution < 1.29 is 13.2 Å². The summed E-state index contributed by atoms with van der Waals surface area (Å²) >= 11 is 0. The van der Waals surface area contributed by atoms with E-state index in [9.17, 15) is 13.2 Å². The van der Waals surface area contributed by atoms with Crippen molar-refractivity contribution >= 4 is 15.9 Å². The zero-order valence-corrected chi connectivity index (χ0v) is 16.2. The number of amides is 1. The summed E-state index contributed by atoms with van der Waals surface area (Å²) in [5, 5.41) is 3.15. The van der Waals surface area contributed by atoms with Gasteiger partial charge in [0, 0.05) is 45.2 Å². The van der Waals surface area contributed by atoms with Gasteiger partial charge in [-0.05, 0) is 30.7 Å². The van der Waals surface area contributed by atoms with Crippen LogP contribution in [0, 0.1) is 5.92 Å². The molecule has 2 saturated heterocycles. The van der Waals surface area contributed by atoms with Gasteiger partial charge in [0.25, 0.3) is 0 Å². The Morgan fingerprint density at radius 1 is 1.12 bits per heavy atom. The highest BCUT2D eigenvalue weighted by Gasteiger charge is 2.30. The maximum atomic E-state index is 12.3. The van der Waals surface area contributed by atoms with E-state index in [4.69, 9.17) is 0 Å². The van der Waals surface area contributed by atoms with Crippen LogP contribution in [-0.2, 0) is 21.4 Å². The first-order valence-electron chi connectivity index (χ1n) is 9.41. The summed E-state index contributed by atoms with van der Waals surface area (Å²) in [5.74, 6) is 0.203. The van der Waals surface area contributed by atoms with Crippen LogP contribution in [0.25, 0.3) is 0 Å². The molecule has 1 N–H and O–H groups in total. The number of nitrogens with zero attached hydrogens (tertiary/aromatic N) is 2. The fourth-order valence-electron chi connectivity index (χ4n) is 3.89. The molecule has 6 nitrogen and oxygen atoms in total. The van der Waals surface area contributed by atoms with E-state index in [1.165, 1.54) is 16.1 Å². The molecule has 3 rings (SSSR count). The van der Waals surface area contributed by atoms with Crippen LogP contribution in [0.3, 0.4) is 0 Å². The number of piperidine rings is 1. The first kappa shape index (κ1) is 19.3. The first-order chi connectivity index (χ1) is 12.4. The summed E-state index contributed by atoms with van der Waals surface area (Å²) in [6, 6.07) is 10.7. The zero-order valence-electron chi connectivity index (χ0n) is 15.4. The Morgan fingerprint density at radius 3 is 2.42 bits per heavy atom. The van der Waals surface area contributed by atoms with Crippen LogP contribution in [0.4, 0.5) is 0 Å². The molecule has 1 aromatic rings. The minimum absolute atomic E-state index is 0.0619. The molecule has 2 aliphatic rings. The number of nitrogens with one attached hydrogen (secondary N) is 1. The standard InChI is InChI=1S/C19H29N3O3S/c1-26(24,25)22-12-7-17(15-22)13-19(23)20-18-8-10-21(11-9-18)14-16-5-3-2-4-6-16/h2-6,17-18H,7-15H2,1H3,(H,20,23). The quantitative estimate of drug-likeness (QED) is 0.812. The van der Waals surface area contributed by atoms with Gasteiger partial charge in [0.05, 0.1) is 6.26 Å². The molecule has 2 aliphatic heterocycles. The van der Waals surface area contributed by atoms with Gasteiger partial charge in [-0.15, -0.1) is 0 Å². The zero-order chi connectivity index (χ0) is 18.6. The van der Waals surface area contributed by atoms with Crippen molar-refractivity contribution in [2.75, 3.05) is 32.4 Å². The SMILES string of the molecule is CS(=O)(=O)N1CCC(CC(=O)NC2CCN(Cc3ccccc3)CC2)C1. The molecule has 0 spiro atoms.